The first-order valence-corrected chi connectivity index (χ1v) is 6.25. The van der Waals surface area contributed by atoms with E-state index < -0.39 is 0 Å². The summed E-state index contributed by atoms with van der Waals surface area (Å²) in [5.41, 5.74) is 1.74. The molecule has 0 atom stereocenters. The highest BCUT2D eigenvalue weighted by Crippen LogP contribution is 2.17. The molecule has 19 heavy (non-hydrogen) atoms. The van der Waals surface area contributed by atoms with Crippen molar-refractivity contribution in [3.63, 3.8) is 0 Å². The first kappa shape index (κ1) is 13.1. The van der Waals surface area contributed by atoms with Crippen LogP contribution in [0.1, 0.15) is 16.8 Å². The minimum atomic E-state index is 0.145. The van der Waals surface area contributed by atoms with Crippen molar-refractivity contribution in [2.75, 3.05) is 18.5 Å². The second-order valence-corrected chi connectivity index (χ2v) is 4.48. The van der Waals surface area contributed by atoms with Gasteiger partial charge < -0.3 is 10.0 Å². The van der Waals surface area contributed by atoms with Crippen LogP contribution >= 0.6 is 0 Å². The van der Waals surface area contributed by atoms with E-state index in [0.717, 1.165) is 11.3 Å². The molecule has 1 N–H and O–H groups in total. The van der Waals surface area contributed by atoms with Gasteiger partial charge in [-0.05, 0) is 24.3 Å². The Bertz CT molecular complexity index is 534. The summed E-state index contributed by atoms with van der Waals surface area (Å²) >= 11 is 0. The lowest BCUT2D eigenvalue weighted by Gasteiger charge is -2.18. The van der Waals surface area contributed by atoms with Gasteiger partial charge in [0.2, 0.25) is 0 Å². The van der Waals surface area contributed by atoms with Gasteiger partial charge in [-0.1, -0.05) is 30.3 Å². The molecule has 0 aromatic heterocycles. The van der Waals surface area contributed by atoms with Crippen molar-refractivity contribution in [2.24, 2.45) is 0 Å². The lowest BCUT2D eigenvalue weighted by atomic mass is 10.1. The van der Waals surface area contributed by atoms with Crippen LogP contribution in [-0.2, 0) is 0 Å². The maximum absolute atomic E-state index is 12.0. The smallest absolute Gasteiger partial charge is 0.164 e. The standard InChI is InChI=1S/C16H17NO2/c1-17(14-7-9-15(18)10-8-14)12-11-16(19)13-5-3-2-4-6-13/h2-10,18H,11-12H2,1H3. The summed E-state index contributed by atoms with van der Waals surface area (Å²) < 4.78 is 0. The van der Waals surface area contributed by atoms with Gasteiger partial charge in [0.05, 0.1) is 0 Å². The molecule has 0 saturated heterocycles. The summed E-state index contributed by atoms with van der Waals surface area (Å²) in [5, 5.41) is 9.23. The molecule has 98 valence electrons. The van der Waals surface area contributed by atoms with Crippen LogP contribution in [0.4, 0.5) is 5.69 Å². The molecule has 0 spiro atoms. The highest BCUT2D eigenvalue weighted by atomic mass is 16.3. The van der Waals surface area contributed by atoms with Gasteiger partial charge in [-0.15, -0.1) is 0 Å². The fourth-order valence-electron chi connectivity index (χ4n) is 1.87. The molecule has 0 bridgehead atoms. The summed E-state index contributed by atoms with van der Waals surface area (Å²) in [4.78, 5) is 14.0. The molecule has 0 unspecified atom stereocenters. The molecule has 0 aliphatic rings. The third-order valence-electron chi connectivity index (χ3n) is 3.06. The molecular weight excluding hydrogens is 238 g/mol. The van der Waals surface area contributed by atoms with E-state index in [1.165, 1.54) is 0 Å². The molecule has 0 heterocycles. The van der Waals surface area contributed by atoms with E-state index in [-0.39, 0.29) is 11.5 Å². The van der Waals surface area contributed by atoms with Crippen LogP contribution in [0.2, 0.25) is 0 Å². The zero-order valence-electron chi connectivity index (χ0n) is 10.9. The summed E-state index contributed by atoms with van der Waals surface area (Å²) in [6.07, 6.45) is 0.474. The molecule has 0 aliphatic carbocycles. The normalized spacial score (nSPS) is 10.2. The number of carbonyl (C=O) groups is 1. The molecule has 3 nitrogen and oxygen atoms in total. The van der Waals surface area contributed by atoms with E-state index in [1.807, 2.05) is 54.4 Å². The maximum atomic E-state index is 12.0. The van der Waals surface area contributed by atoms with E-state index in [0.29, 0.717) is 13.0 Å². The lowest BCUT2D eigenvalue weighted by molar-refractivity contribution is 0.0985. The second kappa shape index (κ2) is 6.05. The Balaban J connectivity index is 1.92. The number of hydrogen-bond donors (Lipinski definition) is 1. The lowest BCUT2D eigenvalue weighted by Crippen LogP contribution is -2.21. The van der Waals surface area contributed by atoms with Crippen molar-refractivity contribution >= 4 is 11.5 Å². The van der Waals surface area contributed by atoms with Crippen LogP contribution in [-0.4, -0.2) is 24.5 Å². The fourth-order valence-corrected chi connectivity index (χ4v) is 1.87. The van der Waals surface area contributed by atoms with Crippen molar-refractivity contribution < 1.29 is 9.90 Å². The van der Waals surface area contributed by atoms with E-state index in [2.05, 4.69) is 0 Å². The summed E-state index contributed by atoms with van der Waals surface area (Å²) in [5.74, 6) is 0.392. The Kier molecular flexibility index (Phi) is 4.18. The third-order valence-corrected chi connectivity index (χ3v) is 3.06. The van der Waals surface area contributed by atoms with Gasteiger partial charge in [0.25, 0.3) is 0 Å². The molecule has 2 aromatic rings. The number of aromatic hydroxyl groups is 1. The van der Waals surface area contributed by atoms with Crippen molar-refractivity contribution in [1.82, 2.24) is 0 Å². The fraction of sp³-hybridized carbons (Fsp3) is 0.188. The molecule has 0 amide bonds. The van der Waals surface area contributed by atoms with E-state index >= 15 is 0 Å². The van der Waals surface area contributed by atoms with Gasteiger partial charge in [0, 0.05) is 31.3 Å². The summed E-state index contributed by atoms with van der Waals surface area (Å²) in [7, 11) is 1.94. The highest BCUT2D eigenvalue weighted by molar-refractivity contribution is 5.96. The van der Waals surface area contributed by atoms with Crippen LogP contribution in [0.5, 0.6) is 5.75 Å². The number of ketones is 1. The van der Waals surface area contributed by atoms with Gasteiger partial charge in [-0.3, -0.25) is 4.79 Å². The molecule has 2 aromatic carbocycles. The first-order valence-electron chi connectivity index (χ1n) is 6.25. The van der Waals surface area contributed by atoms with Gasteiger partial charge in [0.15, 0.2) is 5.78 Å². The molecule has 0 aliphatic heterocycles. The summed E-state index contributed by atoms with van der Waals surface area (Å²) in [6.45, 7) is 0.651. The number of phenolic OH excluding ortho intramolecular Hbond substituents is 1. The SMILES string of the molecule is CN(CCC(=O)c1ccccc1)c1ccc(O)cc1. The van der Waals surface area contributed by atoms with Gasteiger partial charge >= 0.3 is 0 Å². The van der Waals surface area contributed by atoms with E-state index in [1.54, 1.807) is 12.1 Å². The second-order valence-electron chi connectivity index (χ2n) is 4.48. The molecule has 0 radical (unpaired) electrons. The van der Waals surface area contributed by atoms with Gasteiger partial charge in [0.1, 0.15) is 5.75 Å². The Hall–Kier alpha value is -2.29. The summed E-state index contributed by atoms with van der Waals surface area (Å²) in [6, 6.07) is 16.3. The number of anilines is 1. The van der Waals surface area contributed by atoms with Gasteiger partial charge in [-0.25, -0.2) is 0 Å². The van der Waals surface area contributed by atoms with Crippen molar-refractivity contribution in [2.45, 2.75) is 6.42 Å². The van der Waals surface area contributed by atoms with Crippen LogP contribution in [0.15, 0.2) is 54.6 Å². The predicted octanol–water partition coefficient (Wildman–Crippen LogP) is 3.10. The molecule has 0 fully saturated rings. The quantitative estimate of drug-likeness (QED) is 0.835. The monoisotopic (exact) mass is 255 g/mol. The molecule has 0 saturated carbocycles. The van der Waals surface area contributed by atoms with E-state index in [9.17, 15) is 9.90 Å². The van der Waals surface area contributed by atoms with Crippen LogP contribution in [0.3, 0.4) is 0 Å². The number of nitrogens with zero attached hydrogens (tertiary/aromatic N) is 1. The highest BCUT2D eigenvalue weighted by Gasteiger charge is 2.07. The minimum Gasteiger partial charge on any atom is -0.508 e. The Morgan fingerprint density at radius 3 is 2.32 bits per heavy atom. The number of phenols is 1. The number of carbonyl (C=O) groups excluding carboxylic acids is 1. The molecule has 2 rings (SSSR count). The van der Waals surface area contributed by atoms with Crippen LogP contribution in [0.25, 0.3) is 0 Å². The number of rotatable bonds is 5. The van der Waals surface area contributed by atoms with Crippen LogP contribution in [0, 0.1) is 0 Å². The van der Waals surface area contributed by atoms with Gasteiger partial charge in [-0.2, -0.15) is 0 Å². The van der Waals surface area contributed by atoms with E-state index in [4.69, 9.17) is 0 Å². The third kappa shape index (κ3) is 3.58. The molecular formula is C16H17NO2. The largest absolute Gasteiger partial charge is 0.508 e. The average Bonchev–Trinajstić information content (AvgIpc) is 2.46. The Morgan fingerprint density at radius 2 is 1.68 bits per heavy atom. The molecule has 3 heteroatoms. The van der Waals surface area contributed by atoms with Crippen molar-refractivity contribution in [3.8, 4) is 5.75 Å². The number of hydrogen-bond acceptors (Lipinski definition) is 3. The van der Waals surface area contributed by atoms with Crippen molar-refractivity contribution in [3.05, 3.63) is 60.2 Å². The number of Topliss-reactive ketones (excluding diaryl/α,β-unsaturated/α-hetero) is 1. The Labute approximate surface area is 113 Å². The zero-order valence-corrected chi connectivity index (χ0v) is 10.9. The zero-order chi connectivity index (χ0) is 13.7. The Morgan fingerprint density at radius 1 is 1.05 bits per heavy atom. The van der Waals surface area contributed by atoms with Crippen LogP contribution < -0.4 is 4.90 Å². The number of benzene rings is 2. The maximum Gasteiger partial charge on any atom is 0.164 e. The topological polar surface area (TPSA) is 40.5 Å². The first-order chi connectivity index (χ1) is 9.16. The van der Waals surface area contributed by atoms with Crippen molar-refractivity contribution in [1.29, 1.82) is 0 Å². The minimum absolute atomic E-state index is 0.145. The average molecular weight is 255 g/mol. The predicted molar refractivity (Wildman–Crippen MR) is 76.8 cm³/mol.